The number of furan rings is 1. The van der Waals surface area contributed by atoms with Crippen LogP contribution in [0.2, 0.25) is 0 Å². The van der Waals surface area contributed by atoms with Crippen LogP contribution in [-0.4, -0.2) is 18.2 Å². The first-order valence-electron chi connectivity index (χ1n) is 14.6. The minimum atomic E-state index is -0.436. The molecule has 5 heteroatoms. The first-order chi connectivity index (χ1) is 21.3. The zero-order chi connectivity index (χ0) is 28.3. The molecule has 1 aromatic heterocycles. The summed E-state index contributed by atoms with van der Waals surface area (Å²) in [5.41, 5.74) is 4.95. The molecule has 9 rings (SSSR count). The maximum atomic E-state index is 6.20. The zero-order valence-electron chi connectivity index (χ0n) is 23.2. The number of fused-ring (bicyclic) bond motifs is 8. The Hall–Kier alpha value is -5.68. The summed E-state index contributed by atoms with van der Waals surface area (Å²) >= 11 is 0. The van der Waals surface area contributed by atoms with Crippen molar-refractivity contribution in [3.8, 4) is 0 Å². The second kappa shape index (κ2) is 9.43. The van der Waals surface area contributed by atoms with Crippen LogP contribution in [-0.2, 0) is 0 Å². The van der Waals surface area contributed by atoms with Gasteiger partial charge in [0.1, 0.15) is 17.3 Å². The summed E-state index contributed by atoms with van der Waals surface area (Å²) in [6, 6.07) is 40.4. The molecule has 6 aromatic carbocycles. The van der Waals surface area contributed by atoms with Gasteiger partial charge in [0.2, 0.25) is 5.88 Å². The number of nitrogens with one attached hydrogen (secondary N) is 2. The van der Waals surface area contributed by atoms with E-state index in [0.29, 0.717) is 0 Å². The van der Waals surface area contributed by atoms with Gasteiger partial charge in [-0.05, 0) is 38.4 Å². The van der Waals surface area contributed by atoms with Gasteiger partial charge in [-0.15, -0.1) is 0 Å². The lowest BCUT2D eigenvalue weighted by Gasteiger charge is -2.24. The normalized spacial score (nSPS) is 16.1. The van der Waals surface area contributed by atoms with Gasteiger partial charge in [-0.1, -0.05) is 121 Å². The molecular weight excluding hydrogens is 528 g/mol. The highest BCUT2D eigenvalue weighted by atomic mass is 16.3. The maximum absolute atomic E-state index is 6.20. The fourth-order valence-corrected chi connectivity index (χ4v) is 6.57. The van der Waals surface area contributed by atoms with Crippen molar-refractivity contribution in [2.75, 3.05) is 11.9 Å². The largest absolute Gasteiger partial charge is 0.440 e. The summed E-state index contributed by atoms with van der Waals surface area (Å²) in [6.45, 7) is 0.749. The van der Waals surface area contributed by atoms with Gasteiger partial charge in [-0.2, -0.15) is 0 Å². The van der Waals surface area contributed by atoms with Crippen LogP contribution in [0.4, 0.5) is 5.88 Å². The van der Waals surface area contributed by atoms with Crippen molar-refractivity contribution >= 4 is 66.9 Å². The van der Waals surface area contributed by atoms with Gasteiger partial charge >= 0.3 is 0 Å². The number of aliphatic imine (C=N–C) groups is 2. The fraction of sp³-hybridized carbons (Fsp3) is 0.0526. The molecule has 2 aliphatic rings. The van der Waals surface area contributed by atoms with Crippen LogP contribution in [0.5, 0.6) is 0 Å². The minimum Gasteiger partial charge on any atom is -0.440 e. The number of amidine groups is 2. The molecule has 5 nitrogen and oxygen atoms in total. The molecule has 0 saturated heterocycles. The standard InChI is InChI=1S/C38H26N4O/c1-2-10-25(11-3-1)35-40-36(42-37(41-35)30-15-7-17-32-34(30)31-16-8-22-39-38(31)43-32)29-14-6-13-28-27(29)21-20-24-19-18-23-9-4-5-12-26(23)33(24)28/h1-21,36,39H,22H2,(H,40,41,42). The number of hydrogen-bond donors (Lipinski definition) is 2. The zero-order valence-corrected chi connectivity index (χ0v) is 23.2. The molecule has 0 bridgehead atoms. The molecule has 3 heterocycles. The van der Waals surface area contributed by atoms with E-state index in [0.717, 1.165) is 62.7 Å². The Kier molecular flexibility index (Phi) is 5.26. The lowest BCUT2D eigenvalue weighted by molar-refractivity contribution is 0.628. The molecule has 0 radical (unpaired) electrons. The molecule has 7 aromatic rings. The monoisotopic (exact) mass is 554 g/mol. The van der Waals surface area contributed by atoms with Gasteiger partial charge in [0.15, 0.2) is 6.17 Å². The van der Waals surface area contributed by atoms with Crippen molar-refractivity contribution in [2.24, 2.45) is 9.98 Å². The molecule has 2 N–H and O–H groups in total. The van der Waals surface area contributed by atoms with Crippen LogP contribution in [0.15, 0.2) is 136 Å². The van der Waals surface area contributed by atoms with Gasteiger partial charge in [-0.25, -0.2) is 9.98 Å². The van der Waals surface area contributed by atoms with Crippen LogP contribution >= 0.6 is 0 Å². The Morgan fingerprint density at radius 1 is 0.628 bits per heavy atom. The molecule has 1 unspecified atom stereocenters. The number of hydrogen-bond acceptors (Lipinski definition) is 5. The fourth-order valence-electron chi connectivity index (χ4n) is 6.57. The Balaban J connectivity index is 1.29. The minimum absolute atomic E-state index is 0.436. The molecule has 0 amide bonds. The van der Waals surface area contributed by atoms with E-state index in [1.54, 1.807) is 0 Å². The van der Waals surface area contributed by atoms with Gasteiger partial charge in [0, 0.05) is 34.2 Å². The van der Waals surface area contributed by atoms with Crippen molar-refractivity contribution in [3.63, 3.8) is 0 Å². The predicted octanol–water partition coefficient (Wildman–Crippen LogP) is 8.83. The molecule has 2 aliphatic heterocycles. The van der Waals surface area contributed by atoms with Gasteiger partial charge in [0.25, 0.3) is 0 Å². The smallest absolute Gasteiger partial charge is 0.201 e. The van der Waals surface area contributed by atoms with E-state index in [2.05, 4.69) is 108 Å². The van der Waals surface area contributed by atoms with E-state index in [1.807, 2.05) is 30.3 Å². The Labute approximate surface area is 247 Å². The molecule has 0 fully saturated rings. The number of nitrogens with zero attached hydrogens (tertiary/aromatic N) is 2. The molecule has 204 valence electrons. The second-order valence-corrected chi connectivity index (χ2v) is 11.0. The van der Waals surface area contributed by atoms with Crippen LogP contribution < -0.4 is 10.6 Å². The number of rotatable bonds is 3. The summed E-state index contributed by atoms with van der Waals surface area (Å²) < 4.78 is 6.20. The topological polar surface area (TPSA) is 61.9 Å². The number of benzene rings is 6. The van der Waals surface area contributed by atoms with Crippen molar-refractivity contribution in [1.29, 1.82) is 0 Å². The highest BCUT2D eigenvalue weighted by Gasteiger charge is 2.26. The second-order valence-electron chi connectivity index (χ2n) is 11.0. The highest BCUT2D eigenvalue weighted by molar-refractivity contribution is 6.22. The first kappa shape index (κ1) is 24.0. The lowest BCUT2D eigenvalue weighted by Crippen LogP contribution is -2.36. The third-order valence-corrected chi connectivity index (χ3v) is 8.54. The van der Waals surface area contributed by atoms with Crippen LogP contribution in [0, 0.1) is 0 Å². The highest BCUT2D eigenvalue weighted by Crippen LogP contribution is 2.39. The molecule has 0 aliphatic carbocycles. The molecule has 0 spiro atoms. The van der Waals surface area contributed by atoms with E-state index >= 15 is 0 Å². The van der Waals surface area contributed by atoms with E-state index < -0.39 is 6.17 Å². The maximum Gasteiger partial charge on any atom is 0.201 e. The first-order valence-corrected chi connectivity index (χ1v) is 14.6. The average Bonchev–Trinajstić information content (AvgIpc) is 3.47. The van der Waals surface area contributed by atoms with Gasteiger partial charge < -0.3 is 15.1 Å². The molecule has 0 saturated carbocycles. The van der Waals surface area contributed by atoms with E-state index in [-0.39, 0.29) is 0 Å². The van der Waals surface area contributed by atoms with Crippen molar-refractivity contribution in [1.82, 2.24) is 5.32 Å². The Morgan fingerprint density at radius 2 is 1.42 bits per heavy atom. The van der Waals surface area contributed by atoms with Gasteiger partial charge in [0.05, 0.1) is 0 Å². The van der Waals surface area contributed by atoms with Crippen molar-refractivity contribution in [3.05, 3.63) is 144 Å². The molecular formula is C38H26N4O. The van der Waals surface area contributed by atoms with Crippen molar-refractivity contribution in [2.45, 2.75) is 6.17 Å². The quantitative estimate of drug-likeness (QED) is 0.215. The number of anilines is 1. The van der Waals surface area contributed by atoms with Crippen molar-refractivity contribution < 1.29 is 4.42 Å². The van der Waals surface area contributed by atoms with Crippen LogP contribution in [0.3, 0.4) is 0 Å². The third kappa shape index (κ3) is 3.78. The average molecular weight is 555 g/mol. The third-order valence-electron chi connectivity index (χ3n) is 8.54. The lowest BCUT2D eigenvalue weighted by atomic mass is 9.93. The Bertz CT molecular complexity index is 2330. The summed E-state index contributed by atoms with van der Waals surface area (Å²) in [5, 5.41) is 15.3. The summed E-state index contributed by atoms with van der Waals surface area (Å²) in [7, 11) is 0. The molecule has 1 atom stereocenters. The predicted molar refractivity (Wildman–Crippen MR) is 178 cm³/mol. The van der Waals surface area contributed by atoms with E-state index in [4.69, 9.17) is 14.4 Å². The Morgan fingerprint density at radius 3 is 2.37 bits per heavy atom. The van der Waals surface area contributed by atoms with Crippen LogP contribution in [0.25, 0.3) is 49.4 Å². The summed E-state index contributed by atoms with van der Waals surface area (Å²) in [6.07, 6.45) is 3.82. The van der Waals surface area contributed by atoms with Gasteiger partial charge in [-0.3, -0.25) is 0 Å². The molecule has 43 heavy (non-hydrogen) atoms. The van der Waals surface area contributed by atoms with E-state index in [9.17, 15) is 0 Å². The van der Waals surface area contributed by atoms with E-state index in [1.165, 1.54) is 26.9 Å². The van der Waals surface area contributed by atoms with Crippen LogP contribution in [0.1, 0.15) is 28.4 Å². The SMILES string of the molecule is C1=Cc2c(oc3cccc(C4=NC(c5cccc6c5ccc5ccc7ccccc7c56)N=C(c5ccccc5)N4)c23)NC1. The summed E-state index contributed by atoms with van der Waals surface area (Å²) in [4.78, 5) is 10.5. The summed E-state index contributed by atoms with van der Waals surface area (Å²) in [5.74, 6) is 2.36.